The summed E-state index contributed by atoms with van der Waals surface area (Å²) in [6.07, 6.45) is 3.38. The number of hydrogen-bond acceptors (Lipinski definition) is 5. The third-order valence-corrected chi connectivity index (χ3v) is 5.07. The topological polar surface area (TPSA) is 63.9 Å². The molecule has 3 rings (SSSR count). The zero-order chi connectivity index (χ0) is 15.4. The van der Waals surface area contributed by atoms with E-state index in [1.54, 1.807) is 11.7 Å². The molecule has 1 saturated heterocycles. The Balaban J connectivity index is 1.85. The number of tetrazole rings is 1. The Bertz CT molecular complexity index is 624. The van der Waals surface area contributed by atoms with E-state index in [4.69, 9.17) is 0 Å². The number of hydrogen-bond donors (Lipinski definition) is 0. The standard InChI is InChI=1S/C15H19N5OS/c1-19-15(16-17-18-19)22-13(12-8-4-2-5-9-12)14(21)20-10-6-3-7-11-20/h2,4-5,8-9,13H,3,6-7,10-11H2,1H3/t13-/m0/s1. The van der Waals surface area contributed by atoms with E-state index in [-0.39, 0.29) is 11.2 Å². The summed E-state index contributed by atoms with van der Waals surface area (Å²) in [4.78, 5) is 14.9. The van der Waals surface area contributed by atoms with Crippen molar-refractivity contribution in [1.82, 2.24) is 25.1 Å². The van der Waals surface area contributed by atoms with Gasteiger partial charge in [0, 0.05) is 20.1 Å². The molecule has 0 unspecified atom stereocenters. The number of benzene rings is 1. The molecule has 1 aliphatic rings. The van der Waals surface area contributed by atoms with Crippen LogP contribution in [0.4, 0.5) is 0 Å². The molecule has 2 heterocycles. The van der Waals surface area contributed by atoms with Gasteiger partial charge in [0.05, 0.1) is 0 Å². The third kappa shape index (κ3) is 3.30. The Morgan fingerprint density at radius 2 is 1.91 bits per heavy atom. The van der Waals surface area contributed by atoms with E-state index < -0.39 is 0 Å². The normalized spacial score (nSPS) is 16.5. The van der Waals surface area contributed by atoms with E-state index in [1.807, 2.05) is 35.2 Å². The van der Waals surface area contributed by atoms with E-state index in [9.17, 15) is 4.79 Å². The Labute approximate surface area is 133 Å². The molecule has 1 atom stereocenters. The highest BCUT2D eigenvalue weighted by Crippen LogP contribution is 2.35. The Morgan fingerprint density at radius 1 is 1.18 bits per heavy atom. The van der Waals surface area contributed by atoms with Crippen molar-refractivity contribution < 1.29 is 4.79 Å². The summed E-state index contributed by atoms with van der Waals surface area (Å²) in [5.74, 6) is 0.152. The number of thioether (sulfide) groups is 1. The second kappa shape index (κ2) is 6.91. The largest absolute Gasteiger partial charge is 0.341 e. The lowest BCUT2D eigenvalue weighted by atomic mass is 10.1. The first-order valence-electron chi connectivity index (χ1n) is 7.48. The molecule has 1 aromatic carbocycles. The van der Waals surface area contributed by atoms with Crippen LogP contribution in [-0.2, 0) is 11.8 Å². The minimum absolute atomic E-state index is 0.152. The Kier molecular flexibility index (Phi) is 4.72. The summed E-state index contributed by atoms with van der Waals surface area (Å²) < 4.78 is 1.60. The van der Waals surface area contributed by atoms with Gasteiger partial charge in [-0.3, -0.25) is 4.79 Å². The number of carbonyl (C=O) groups excluding carboxylic acids is 1. The van der Waals surface area contributed by atoms with Crippen molar-refractivity contribution in [2.24, 2.45) is 7.05 Å². The highest BCUT2D eigenvalue weighted by molar-refractivity contribution is 8.00. The highest BCUT2D eigenvalue weighted by atomic mass is 32.2. The fraction of sp³-hybridized carbons (Fsp3) is 0.467. The van der Waals surface area contributed by atoms with Crippen LogP contribution in [0.15, 0.2) is 35.5 Å². The zero-order valence-corrected chi connectivity index (χ0v) is 13.4. The predicted molar refractivity (Wildman–Crippen MR) is 84.3 cm³/mol. The molecule has 0 spiro atoms. The molecular formula is C15H19N5OS. The number of rotatable bonds is 4. The molecule has 0 saturated carbocycles. The summed E-state index contributed by atoms with van der Waals surface area (Å²) in [5, 5.41) is 11.9. The SMILES string of the molecule is Cn1nnnc1S[C@H](C(=O)N1CCCCC1)c1ccccc1. The quantitative estimate of drug-likeness (QED) is 0.808. The van der Waals surface area contributed by atoms with E-state index in [1.165, 1.54) is 18.2 Å². The maximum absolute atomic E-state index is 13.0. The molecule has 7 heteroatoms. The van der Waals surface area contributed by atoms with Crippen LogP contribution in [0.1, 0.15) is 30.1 Å². The summed E-state index contributed by atoms with van der Waals surface area (Å²) in [6.45, 7) is 1.69. The molecule has 0 aliphatic carbocycles. The van der Waals surface area contributed by atoms with Crippen molar-refractivity contribution in [1.29, 1.82) is 0 Å². The van der Waals surface area contributed by atoms with E-state index >= 15 is 0 Å². The monoisotopic (exact) mass is 317 g/mol. The molecule has 2 aromatic rings. The van der Waals surface area contributed by atoms with Gasteiger partial charge in [-0.2, -0.15) is 0 Å². The van der Waals surface area contributed by atoms with Crippen LogP contribution in [0, 0.1) is 0 Å². The molecule has 1 amide bonds. The van der Waals surface area contributed by atoms with Gasteiger partial charge < -0.3 is 4.90 Å². The van der Waals surface area contributed by atoms with Crippen molar-refractivity contribution >= 4 is 17.7 Å². The van der Waals surface area contributed by atoms with Gasteiger partial charge in [0.1, 0.15) is 5.25 Å². The van der Waals surface area contributed by atoms with Gasteiger partial charge in [-0.1, -0.05) is 42.1 Å². The van der Waals surface area contributed by atoms with Crippen LogP contribution in [0.5, 0.6) is 0 Å². The third-order valence-electron chi connectivity index (χ3n) is 3.80. The second-order valence-electron chi connectivity index (χ2n) is 5.38. The number of aryl methyl sites for hydroxylation is 1. The van der Waals surface area contributed by atoms with Crippen LogP contribution in [0.2, 0.25) is 0 Å². The molecular weight excluding hydrogens is 298 g/mol. The number of carbonyl (C=O) groups is 1. The number of likely N-dealkylation sites (tertiary alicyclic amines) is 1. The molecule has 1 fully saturated rings. The van der Waals surface area contributed by atoms with Gasteiger partial charge in [0.15, 0.2) is 0 Å². The van der Waals surface area contributed by atoms with Crippen molar-refractivity contribution in [2.45, 2.75) is 29.7 Å². The summed E-state index contributed by atoms with van der Waals surface area (Å²) in [7, 11) is 1.79. The van der Waals surface area contributed by atoms with E-state index in [2.05, 4.69) is 15.5 Å². The first kappa shape index (κ1) is 15.0. The number of amides is 1. The van der Waals surface area contributed by atoms with Crippen LogP contribution < -0.4 is 0 Å². The average molecular weight is 317 g/mol. The van der Waals surface area contributed by atoms with Gasteiger partial charge in [-0.05, 0) is 35.3 Å². The van der Waals surface area contributed by atoms with Gasteiger partial charge in [0.2, 0.25) is 11.1 Å². The van der Waals surface area contributed by atoms with Crippen molar-refractivity contribution in [3.8, 4) is 0 Å². The number of aromatic nitrogens is 4. The van der Waals surface area contributed by atoms with Crippen molar-refractivity contribution in [3.63, 3.8) is 0 Å². The van der Waals surface area contributed by atoms with Gasteiger partial charge in [-0.25, -0.2) is 4.68 Å². The summed E-state index contributed by atoms with van der Waals surface area (Å²) >= 11 is 1.41. The van der Waals surface area contributed by atoms with E-state index in [0.29, 0.717) is 5.16 Å². The number of nitrogens with zero attached hydrogens (tertiary/aromatic N) is 5. The Hall–Kier alpha value is -1.89. The van der Waals surface area contributed by atoms with Gasteiger partial charge >= 0.3 is 0 Å². The smallest absolute Gasteiger partial charge is 0.240 e. The zero-order valence-electron chi connectivity index (χ0n) is 12.6. The molecule has 1 aliphatic heterocycles. The maximum Gasteiger partial charge on any atom is 0.240 e. The summed E-state index contributed by atoms with van der Waals surface area (Å²) in [5.41, 5.74) is 0.992. The average Bonchev–Trinajstić information content (AvgIpc) is 2.98. The lowest BCUT2D eigenvalue weighted by Gasteiger charge is -2.30. The van der Waals surface area contributed by atoms with E-state index in [0.717, 1.165) is 31.5 Å². The van der Waals surface area contributed by atoms with Crippen LogP contribution in [0.25, 0.3) is 0 Å². The van der Waals surface area contributed by atoms with Crippen LogP contribution in [0.3, 0.4) is 0 Å². The minimum atomic E-state index is -0.302. The predicted octanol–water partition coefficient (Wildman–Crippen LogP) is 2.06. The minimum Gasteiger partial charge on any atom is -0.341 e. The molecule has 0 radical (unpaired) electrons. The lowest BCUT2D eigenvalue weighted by molar-refractivity contribution is -0.131. The maximum atomic E-state index is 13.0. The fourth-order valence-electron chi connectivity index (χ4n) is 2.60. The molecule has 116 valence electrons. The first-order chi connectivity index (χ1) is 10.8. The van der Waals surface area contributed by atoms with Gasteiger partial charge in [0.25, 0.3) is 0 Å². The molecule has 0 N–H and O–H groups in total. The summed E-state index contributed by atoms with van der Waals surface area (Å²) in [6, 6.07) is 9.86. The molecule has 6 nitrogen and oxygen atoms in total. The Morgan fingerprint density at radius 3 is 2.55 bits per heavy atom. The van der Waals surface area contributed by atoms with Crippen molar-refractivity contribution in [3.05, 3.63) is 35.9 Å². The number of piperidine rings is 1. The lowest BCUT2D eigenvalue weighted by Crippen LogP contribution is -2.38. The molecule has 1 aromatic heterocycles. The molecule has 0 bridgehead atoms. The van der Waals surface area contributed by atoms with Crippen LogP contribution in [-0.4, -0.2) is 44.1 Å². The second-order valence-corrected chi connectivity index (χ2v) is 6.45. The van der Waals surface area contributed by atoms with Crippen molar-refractivity contribution in [2.75, 3.05) is 13.1 Å². The van der Waals surface area contributed by atoms with Gasteiger partial charge in [-0.15, -0.1) is 5.10 Å². The van der Waals surface area contributed by atoms with Crippen LogP contribution >= 0.6 is 11.8 Å². The first-order valence-corrected chi connectivity index (χ1v) is 8.36. The fourth-order valence-corrected chi connectivity index (χ4v) is 3.62. The highest BCUT2D eigenvalue weighted by Gasteiger charge is 2.29. The molecule has 22 heavy (non-hydrogen) atoms.